The summed E-state index contributed by atoms with van der Waals surface area (Å²) in [5.74, 6) is -0.807. The van der Waals surface area contributed by atoms with Gasteiger partial charge in [-0.1, -0.05) is 324 Å². The van der Waals surface area contributed by atoms with Crippen molar-refractivity contribution in [2.24, 2.45) is 0 Å². The third-order valence-corrected chi connectivity index (χ3v) is 21.4. The van der Waals surface area contributed by atoms with Gasteiger partial charge in [0.25, 0.3) is 0 Å². The van der Waals surface area contributed by atoms with Crippen LogP contribution in [-0.2, 0) is 47.7 Å². The van der Waals surface area contributed by atoms with Crippen LogP contribution >= 0.6 is 0 Å². The summed E-state index contributed by atoms with van der Waals surface area (Å²) in [5, 5.41) is 6.08. The number of nitrogens with zero attached hydrogens (tertiary/aromatic N) is 2. The van der Waals surface area contributed by atoms with Gasteiger partial charge in [-0.3, -0.25) is 28.8 Å². The van der Waals surface area contributed by atoms with E-state index in [1.165, 1.54) is 218 Å². The molecule has 0 aliphatic heterocycles. The summed E-state index contributed by atoms with van der Waals surface area (Å²) < 4.78 is 23.5. The third kappa shape index (κ3) is 77.3. The molecule has 0 rings (SSSR count). The highest BCUT2D eigenvalue weighted by atomic mass is 16.6. The molecule has 0 heterocycles. The van der Waals surface area contributed by atoms with Crippen LogP contribution in [0.4, 0.5) is 0 Å². The molecule has 0 aromatic rings. The number of hydrogen-bond acceptors (Lipinski definition) is 12. The van der Waals surface area contributed by atoms with E-state index < -0.39 is 0 Å². The summed E-state index contributed by atoms with van der Waals surface area (Å²) in [6, 6.07) is 0. The number of carbonyl (C=O) groups is 6. The van der Waals surface area contributed by atoms with Gasteiger partial charge in [0.2, 0.25) is 11.8 Å². The molecular formula is C91H176N4O10. The Morgan fingerprint density at radius 3 is 0.714 bits per heavy atom. The molecule has 0 fully saturated rings. The Kier molecular flexibility index (Phi) is 80.6. The highest BCUT2D eigenvalue weighted by Gasteiger charge is 2.18. The molecular weight excluding hydrogens is 1310 g/mol. The van der Waals surface area contributed by atoms with Crippen molar-refractivity contribution in [1.29, 1.82) is 0 Å². The zero-order chi connectivity index (χ0) is 76.5. The van der Waals surface area contributed by atoms with E-state index in [9.17, 15) is 28.8 Å². The fourth-order valence-corrected chi connectivity index (χ4v) is 14.4. The first-order chi connectivity index (χ1) is 51.5. The molecule has 0 saturated heterocycles. The number of ether oxygens (including phenoxy) is 4. The number of hydrogen-bond donors (Lipinski definition) is 2. The quantitative estimate of drug-likeness (QED) is 0.0256. The number of unbranched alkanes of at least 4 members (excludes halogenated alkanes) is 48. The van der Waals surface area contributed by atoms with Gasteiger partial charge in [0.1, 0.15) is 18.6 Å². The first-order valence-corrected chi connectivity index (χ1v) is 46.2. The van der Waals surface area contributed by atoms with Crippen molar-refractivity contribution >= 4 is 35.7 Å². The molecule has 620 valence electrons. The lowest BCUT2D eigenvalue weighted by molar-refractivity contribution is -0.151. The number of amides is 2. The zero-order valence-electron chi connectivity index (χ0n) is 70.6. The second kappa shape index (κ2) is 83.2. The van der Waals surface area contributed by atoms with Gasteiger partial charge in [-0.05, 0) is 142 Å². The van der Waals surface area contributed by atoms with Crippen LogP contribution < -0.4 is 10.6 Å². The van der Waals surface area contributed by atoms with Gasteiger partial charge in [-0.25, -0.2) is 0 Å². The van der Waals surface area contributed by atoms with Gasteiger partial charge >= 0.3 is 23.9 Å². The molecule has 2 N–H and O–H groups in total. The molecule has 14 nitrogen and oxygen atoms in total. The van der Waals surface area contributed by atoms with Crippen LogP contribution in [-0.4, -0.2) is 123 Å². The predicted octanol–water partition coefficient (Wildman–Crippen LogP) is 25.0. The van der Waals surface area contributed by atoms with Gasteiger partial charge < -0.3 is 39.4 Å². The maximum absolute atomic E-state index is 13.3. The minimum absolute atomic E-state index is 0.0306. The van der Waals surface area contributed by atoms with Gasteiger partial charge in [0, 0.05) is 51.9 Å². The molecule has 0 aliphatic carbocycles. The molecule has 0 unspecified atom stereocenters. The highest BCUT2D eigenvalue weighted by Crippen LogP contribution is 2.22. The van der Waals surface area contributed by atoms with Crippen molar-refractivity contribution in [3.8, 4) is 0 Å². The maximum Gasteiger partial charge on any atom is 0.306 e. The van der Waals surface area contributed by atoms with E-state index in [0.717, 1.165) is 206 Å². The van der Waals surface area contributed by atoms with Gasteiger partial charge in [-0.15, -0.1) is 0 Å². The smallest absolute Gasteiger partial charge is 0.306 e. The van der Waals surface area contributed by atoms with Crippen LogP contribution in [0.1, 0.15) is 472 Å². The van der Waals surface area contributed by atoms with Crippen LogP contribution in [0.25, 0.3) is 0 Å². The molecule has 0 aromatic heterocycles. The van der Waals surface area contributed by atoms with E-state index in [2.05, 4.69) is 62.0 Å². The first kappa shape index (κ1) is 102. The van der Waals surface area contributed by atoms with Crippen molar-refractivity contribution in [3.63, 3.8) is 0 Å². The number of nitrogens with one attached hydrogen (secondary N) is 2. The van der Waals surface area contributed by atoms with Crippen LogP contribution in [0.5, 0.6) is 0 Å². The summed E-state index contributed by atoms with van der Waals surface area (Å²) in [6.45, 7) is 20.4. The van der Waals surface area contributed by atoms with Crippen LogP contribution in [0.2, 0.25) is 0 Å². The molecule has 0 aromatic carbocycles. The molecule has 0 atom stereocenters. The lowest BCUT2D eigenvalue weighted by atomic mass is 10.0. The van der Waals surface area contributed by atoms with Gasteiger partial charge in [0.15, 0.2) is 0 Å². The molecule has 2 amide bonds. The van der Waals surface area contributed by atoms with E-state index in [1.54, 1.807) is 0 Å². The minimum atomic E-state index is -0.277. The number of rotatable bonds is 86. The minimum Gasteiger partial charge on any atom is -0.466 e. The summed E-state index contributed by atoms with van der Waals surface area (Å²) >= 11 is 0. The lowest BCUT2D eigenvalue weighted by Gasteiger charge is -2.23. The maximum atomic E-state index is 13.3. The van der Waals surface area contributed by atoms with E-state index >= 15 is 0 Å². The standard InChI is InChI=1S/C91H176N4O10/c1-7-13-19-25-31-33-35-47-63-81-102-88(98)69-57-49-61-77-94(75-59-45-37-43-55-71-90(100)104-84(65-51-39-27-21-15-9-3)66-52-40-28-22-16-10-4)79-73-92-86(96)83-87(97)93-74-80-95(78-62-50-58-70-89(99)103-82-64-48-36-34-32-26-20-14-8-2)76-60-46-38-44-56-72-91(101)105-85(67-53-41-29-23-17-11-5)68-54-42-30-24-18-12-6/h84-85H,7-83H2,1-6H3,(H,92,96)(H,93,97). The monoisotopic (exact) mass is 1490 g/mol. The summed E-state index contributed by atoms with van der Waals surface area (Å²) in [7, 11) is 0. The van der Waals surface area contributed by atoms with Crippen molar-refractivity contribution < 1.29 is 47.7 Å². The Bertz CT molecular complexity index is 1730. The van der Waals surface area contributed by atoms with Crippen molar-refractivity contribution in [1.82, 2.24) is 20.4 Å². The topological polar surface area (TPSA) is 170 Å². The SMILES string of the molecule is CCCCCCCCCCCOC(=O)CCCCCN(CCCCCCCC(=O)OC(CCCCCCCC)CCCCCCCC)CCNC(=O)CC(=O)NCCN(CCCCCCCC(=O)OC(CCCCCCCC)CCCCCCCC)CCCCCC(=O)OCCCCCCCCCCC. The van der Waals surface area contributed by atoms with Crippen LogP contribution in [0.15, 0.2) is 0 Å². The lowest BCUT2D eigenvalue weighted by Crippen LogP contribution is -2.40. The molecule has 0 spiro atoms. The molecule has 0 aliphatic rings. The average Bonchev–Trinajstić information content (AvgIpc) is 1.20. The Hall–Kier alpha value is -3.26. The summed E-state index contributed by atoms with van der Waals surface area (Å²) in [5.41, 5.74) is 0. The molecule has 0 saturated carbocycles. The van der Waals surface area contributed by atoms with Crippen LogP contribution in [0, 0.1) is 0 Å². The highest BCUT2D eigenvalue weighted by molar-refractivity contribution is 5.96. The largest absolute Gasteiger partial charge is 0.466 e. The molecule has 105 heavy (non-hydrogen) atoms. The van der Waals surface area contributed by atoms with E-state index in [-0.39, 0.29) is 54.3 Å². The third-order valence-electron chi connectivity index (χ3n) is 21.4. The second-order valence-corrected chi connectivity index (χ2v) is 31.8. The Morgan fingerprint density at radius 1 is 0.238 bits per heavy atom. The van der Waals surface area contributed by atoms with Crippen LogP contribution in [0.3, 0.4) is 0 Å². The fourth-order valence-electron chi connectivity index (χ4n) is 14.4. The Labute approximate surface area is 650 Å². The first-order valence-electron chi connectivity index (χ1n) is 46.2. The van der Waals surface area contributed by atoms with Gasteiger partial charge in [-0.2, -0.15) is 0 Å². The van der Waals surface area contributed by atoms with Gasteiger partial charge in [0.05, 0.1) is 13.2 Å². The Balaban J connectivity index is 5.43. The molecule has 14 heteroatoms. The number of carbonyl (C=O) groups excluding carboxylic acids is 6. The zero-order valence-corrected chi connectivity index (χ0v) is 70.6. The van der Waals surface area contributed by atoms with E-state index in [1.807, 2.05) is 0 Å². The van der Waals surface area contributed by atoms with Crippen molar-refractivity contribution in [3.05, 3.63) is 0 Å². The van der Waals surface area contributed by atoms with Crippen molar-refractivity contribution in [2.45, 2.75) is 484 Å². The average molecular weight is 1490 g/mol. The second-order valence-electron chi connectivity index (χ2n) is 31.8. The molecule has 0 bridgehead atoms. The fraction of sp³-hybridized carbons (Fsp3) is 0.934. The predicted molar refractivity (Wildman–Crippen MR) is 444 cm³/mol. The van der Waals surface area contributed by atoms with Crippen molar-refractivity contribution in [2.75, 3.05) is 65.6 Å². The normalized spacial score (nSPS) is 11.6. The van der Waals surface area contributed by atoms with E-state index in [4.69, 9.17) is 18.9 Å². The number of esters is 4. The molecule has 0 radical (unpaired) electrons. The summed E-state index contributed by atoms with van der Waals surface area (Å²) in [4.78, 5) is 82.8. The van der Waals surface area contributed by atoms with E-state index in [0.29, 0.717) is 65.1 Å². The Morgan fingerprint density at radius 2 is 0.448 bits per heavy atom. The summed E-state index contributed by atoms with van der Waals surface area (Å²) in [6.07, 6.45) is 73.3.